The zero-order chi connectivity index (χ0) is 19.3. The van der Waals surface area contributed by atoms with Crippen molar-refractivity contribution < 1.29 is 27.5 Å². The molecule has 0 aromatic heterocycles. The number of carbonyl (C=O) groups is 2. The zero-order valence-electron chi connectivity index (χ0n) is 14.6. The molecular formula is C18H19NO6S. The first-order valence-electron chi connectivity index (χ1n) is 7.63. The van der Waals surface area contributed by atoms with Crippen molar-refractivity contribution in [3.8, 4) is 0 Å². The lowest BCUT2D eigenvalue weighted by Gasteiger charge is -2.13. The second-order valence-electron chi connectivity index (χ2n) is 5.52. The molecule has 0 aliphatic rings. The van der Waals surface area contributed by atoms with Gasteiger partial charge in [-0.25, -0.2) is 18.0 Å². The third-order valence-electron chi connectivity index (χ3n) is 3.74. The topological polar surface area (TPSA) is 98.8 Å². The minimum Gasteiger partial charge on any atom is -0.465 e. The minimum atomic E-state index is -3.72. The SMILES string of the molecule is COC(=O)c1ccc(CS(=O)(=O)Nc2cccc(C(=O)OC)c2C)cc1. The summed E-state index contributed by atoms with van der Waals surface area (Å²) in [6.07, 6.45) is 0. The first kappa shape index (κ1) is 19.5. The molecule has 0 aliphatic carbocycles. The van der Waals surface area contributed by atoms with Crippen LogP contribution in [0.5, 0.6) is 0 Å². The van der Waals surface area contributed by atoms with Crippen molar-refractivity contribution in [2.24, 2.45) is 0 Å². The maximum Gasteiger partial charge on any atom is 0.338 e. The predicted octanol–water partition coefficient (Wildman–Crippen LogP) is 2.51. The number of ether oxygens (including phenoxy) is 2. The Morgan fingerprint density at radius 2 is 1.58 bits per heavy atom. The Bertz CT molecular complexity index is 919. The van der Waals surface area contributed by atoms with Crippen LogP contribution in [-0.2, 0) is 25.2 Å². The summed E-state index contributed by atoms with van der Waals surface area (Å²) in [5.74, 6) is -1.31. The number of hydrogen-bond acceptors (Lipinski definition) is 6. The van der Waals surface area contributed by atoms with Gasteiger partial charge in [-0.3, -0.25) is 4.72 Å². The molecule has 0 radical (unpaired) electrons. The van der Waals surface area contributed by atoms with E-state index in [1.807, 2.05) is 0 Å². The smallest absolute Gasteiger partial charge is 0.338 e. The fourth-order valence-corrected chi connectivity index (χ4v) is 3.61. The molecule has 26 heavy (non-hydrogen) atoms. The highest BCUT2D eigenvalue weighted by molar-refractivity contribution is 7.91. The van der Waals surface area contributed by atoms with Crippen molar-refractivity contribution in [2.75, 3.05) is 18.9 Å². The maximum absolute atomic E-state index is 12.4. The molecule has 2 rings (SSSR count). The van der Waals surface area contributed by atoms with Crippen LogP contribution >= 0.6 is 0 Å². The van der Waals surface area contributed by atoms with Crippen molar-refractivity contribution in [2.45, 2.75) is 12.7 Å². The molecule has 7 nitrogen and oxygen atoms in total. The van der Waals surface area contributed by atoms with Crippen molar-refractivity contribution in [3.63, 3.8) is 0 Å². The summed E-state index contributed by atoms with van der Waals surface area (Å²) in [7, 11) is -1.18. The van der Waals surface area contributed by atoms with Gasteiger partial charge in [0.15, 0.2) is 0 Å². The molecule has 0 fully saturated rings. The molecule has 0 amide bonds. The van der Waals surface area contributed by atoms with E-state index < -0.39 is 22.0 Å². The Morgan fingerprint density at radius 3 is 2.15 bits per heavy atom. The molecule has 0 spiro atoms. The van der Waals surface area contributed by atoms with Crippen LogP contribution in [0.25, 0.3) is 0 Å². The zero-order valence-corrected chi connectivity index (χ0v) is 15.4. The van der Waals surface area contributed by atoms with E-state index in [1.54, 1.807) is 37.3 Å². The molecule has 138 valence electrons. The van der Waals surface area contributed by atoms with E-state index >= 15 is 0 Å². The number of sulfonamides is 1. The van der Waals surface area contributed by atoms with Crippen molar-refractivity contribution in [1.82, 2.24) is 0 Å². The Morgan fingerprint density at radius 1 is 0.962 bits per heavy atom. The van der Waals surface area contributed by atoms with Gasteiger partial charge in [0.1, 0.15) is 0 Å². The third kappa shape index (κ3) is 4.60. The lowest BCUT2D eigenvalue weighted by Crippen LogP contribution is -2.17. The highest BCUT2D eigenvalue weighted by atomic mass is 32.2. The lowest BCUT2D eigenvalue weighted by molar-refractivity contribution is 0.0591. The average molecular weight is 377 g/mol. The summed E-state index contributed by atoms with van der Waals surface area (Å²) < 4.78 is 36.6. The van der Waals surface area contributed by atoms with E-state index in [0.717, 1.165) is 0 Å². The second kappa shape index (κ2) is 8.01. The summed E-state index contributed by atoms with van der Waals surface area (Å²) in [6.45, 7) is 1.63. The average Bonchev–Trinajstić information content (AvgIpc) is 2.62. The predicted molar refractivity (Wildman–Crippen MR) is 96.5 cm³/mol. The van der Waals surface area contributed by atoms with Gasteiger partial charge in [-0.1, -0.05) is 18.2 Å². The molecule has 2 aromatic carbocycles. The van der Waals surface area contributed by atoms with Gasteiger partial charge in [0.2, 0.25) is 10.0 Å². The number of methoxy groups -OCH3 is 2. The number of hydrogen-bond donors (Lipinski definition) is 1. The molecule has 8 heteroatoms. The van der Waals surface area contributed by atoms with Crippen LogP contribution in [0.4, 0.5) is 5.69 Å². The summed E-state index contributed by atoms with van der Waals surface area (Å²) in [6, 6.07) is 10.8. The van der Waals surface area contributed by atoms with Crippen LogP contribution in [-0.4, -0.2) is 34.6 Å². The van der Waals surface area contributed by atoms with Gasteiger partial charge in [-0.2, -0.15) is 0 Å². The quantitative estimate of drug-likeness (QED) is 0.777. The summed E-state index contributed by atoms with van der Waals surface area (Å²) in [5.41, 5.74) is 1.91. The van der Waals surface area contributed by atoms with E-state index in [4.69, 9.17) is 0 Å². The van der Waals surface area contributed by atoms with Crippen LogP contribution in [0.15, 0.2) is 42.5 Å². The molecule has 0 heterocycles. The normalized spacial score (nSPS) is 10.9. The monoisotopic (exact) mass is 377 g/mol. The molecule has 0 saturated carbocycles. The van der Waals surface area contributed by atoms with Gasteiger partial charge in [0, 0.05) is 0 Å². The van der Waals surface area contributed by atoms with E-state index in [1.165, 1.54) is 26.4 Å². The van der Waals surface area contributed by atoms with Crippen molar-refractivity contribution >= 4 is 27.6 Å². The van der Waals surface area contributed by atoms with Gasteiger partial charge < -0.3 is 9.47 Å². The van der Waals surface area contributed by atoms with Crippen LogP contribution in [0.2, 0.25) is 0 Å². The van der Waals surface area contributed by atoms with Crippen LogP contribution in [0.3, 0.4) is 0 Å². The summed E-state index contributed by atoms with van der Waals surface area (Å²) in [5, 5.41) is 0. The second-order valence-corrected chi connectivity index (χ2v) is 7.24. The van der Waals surface area contributed by atoms with E-state index in [-0.39, 0.29) is 11.3 Å². The Hall–Kier alpha value is -2.87. The van der Waals surface area contributed by atoms with Gasteiger partial charge in [0.25, 0.3) is 0 Å². The Labute approximate surface area is 152 Å². The molecule has 0 unspecified atom stereocenters. The number of esters is 2. The summed E-state index contributed by atoms with van der Waals surface area (Å²) >= 11 is 0. The van der Waals surface area contributed by atoms with Gasteiger partial charge >= 0.3 is 11.9 Å². The van der Waals surface area contributed by atoms with Crippen LogP contribution in [0, 0.1) is 6.92 Å². The highest BCUT2D eigenvalue weighted by Crippen LogP contribution is 2.22. The number of nitrogens with one attached hydrogen (secondary N) is 1. The molecular weight excluding hydrogens is 358 g/mol. The fraction of sp³-hybridized carbons (Fsp3) is 0.222. The number of carbonyl (C=O) groups excluding carboxylic acids is 2. The first-order chi connectivity index (χ1) is 12.3. The van der Waals surface area contributed by atoms with E-state index in [0.29, 0.717) is 22.4 Å². The maximum atomic E-state index is 12.4. The van der Waals surface area contributed by atoms with Crippen LogP contribution < -0.4 is 4.72 Å². The molecule has 0 atom stereocenters. The number of rotatable bonds is 6. The largest absolute Gasteiger partial charge is 0.465 e. The summed E-state index contributed by atoms with van der Waals surface area (Å²) in [4.78, 5) is 23.1. The third-order valence-corrected chi connectivity index (χ3v) is 4.98. The minimum absolute atomic E-state index is 0.281. The van der Waals surface area contributed by atoms with E-state index in [2.05, 4.69) is 14.2 Å². The fourth-order valence-electron chi connectivity index (χ4n) is 2.36. The molecule has 1 N–H and O–H groups in total. The van der Waals surface area contributed by atoms with Gasteiger partial charge in [0.05, 0.1) is 36.8 Å². The highest BCUT2D eigenvalue weighted by Gasteiger charge is 2.17. The Balaban J connectivity index is 2.19. The number of anilines is 1. The van der Waals surface area contributed by atoms with Crippen molar-refractivity contribution in [3.05, 3.63) is 64.7 Å². The van der Waals surface area contributed by atoms with Crippen molar-refractivity contribution in [1.29, 1.82) is 0 Å². The van der Waals surface area contributed by atoms with E-state index in [9.17, 15) is 18.0 Å². The molecule has 0 saturated heterocycles. The van der Waals surface area contributed by atoms with Gasteiger partial charge in [-0.05, 0) is 42.3 Å². The molecule has 0 aliphatic heterocycles. The molecule has 0 bridgehead atoms. The van der Waals surface area contributed by atoms with Crippen LogP contribution in [0.1, 0.15) is 31.8 Å². The lowest BCUT2D eigenvalue weighted by atomic mass is 10.1. The molecule has 2 aromatic rings. The standard InChI is InChI=1S/C18H19NO6S/c1-12-15(18(21)25-3)5-4-6-16(12)19-26(22,23)11-13-7-9-14(10-8-13)17(20)24-2/h4-10,19H,11H2,1-3H3. The van der Waals surface area contributed by atoms with Gasteiger partial charge in [-0.15, -0.1) is 0 Å². The number of benzene rings is 2. The first-order valence-corrected chi connectivity index (χ1v) is 9.28. The Kier molecular flexibility index (Phi) is 5.99.